The van der Waals surface area contributed by atoms with Crippen molar-refractivity contribution in [1.29, 1.82) is 0 Å². The van der Waals surface area contributed by atoms with Crippen molar-refractivity contribution < 1.29 is 24.2 Å². The maximum atomic E-state index is 14.7. The van der Waals surface area contributed by atoms with E-state index in [2.05, 4.69) is 33.9 Å². The molecule has 3 heterocycles. The number of aliphatic hydroxyl groups excluding tert-OH is 1. The standard InChI is InChI=1S/C35H51N3O5S/c1-7-11-12-21-36(19-8-2)34(42)31-35-18-17-28(44-35)29(30(35)33(41)38(31)26(23-39)22-24(5)6)32(40)37(20-9-3)25-13-15-27(16-14-25)43-10-4/h8-9,13-16,24,26,28-31,39H,2-3,7,10-12,17-23H2,1,4-6H3/t26-,28-,29+,30+,31?,35?/m1/s1. The molecule has 2 bridgehead atoms. The van der Waals surface area contributed by atoms with Crippen LogP contribution in [0.2, 0.25) is 0 Å². The summed E-state index contributed by atoms with van der Waals surface area (Å²) in [7, 11) is 0. The largest absolute Gasteiger partial charge is 0.494 e. The first-order valence-corrected chi connectivity index (χ1v) is 17.2. The minimum atomic E-state index is -0.733. The number of unbranched alkanes of at least 4 members (excludes halogenated alkanes) is 2. The van der Waals surface area contributed by atoms with Crippen molar-refractivity contribution in [3.63, 3.8) is 0 Å². The molecule has 8 nitrogen and oxygen atoms in total. The summed E-state index contributed by atoms with van der Waals surface area (Å²) >= 11 is 1.67. The first kappa shape index (κ1) is 34.1. The van der Waals surface area contributed by atoms with Crippen molar-refractivity contribution in [2.24, 2.45) is 17.8 Å². The van der Waals surface area contributed by atoms with E-state index in [1.165, 1.54) is 0 Å². The molecule has 4 rings (SSSR count). The number of likely N-dealkylation sites (tertiary alicyclic amines) is 1. The van der Waals surface area contributed by atoms with Gasteiger partial charge in [-0.05, 0) is 62.8 Å². The zero-order valence-electron chi connectivity index (χ0n) is 27.0. The summed E-state index contributed by atoms with van der Waals surface area (Å²) in [5.74, 6) is -0.642. The number of thioether (sulfide) groups is 1. The summed E-state index contributed by atoms with van der Waals surface area (Å²) < 4.78 is 4.89. The zero-order chi connectivity index (χ0) is 32.0. The third-order valence-electron chi connectivity index (χ3n) is 9.33. The summed E-state index contributed by atoms with van der Waals surface area (Å²) in [6.07, 6.45) is 8.39. The third-order valence-corrected chi connectivity index (χ3v) is 11.3. The van der Waals surface area contributed by atoms with Gasteiger partial charge in [-0.3, -0.25) is 14.4 Å². The predicted octanol–water partition coefficient (Wildman–Crippen LogP) is 5.31. The van der Waals surface area contributed by atoms with E-state index < -0.39 is 28.7 Å². The highest BCUT2D eigenvalue weighted by molar-refractivity contribution is 8.02. The predicted molar refractivity (Wildman–Crippen MR) is 178 cm³/mol. The lowest BCUT2D eigenvalue weighted by Gasteiger charge is -2.40. The number of carbonyl (C=O) groups excluding carboxylic acids is 3. The molecule has 1 aromatic carbocycles. The van der Waals surface area contributed by atoms with Crippen molar-refractivity contribution in [2.75, 3.05) is 37.7 Å². The van der Waals surface area contributed by atoms with Crippen LogP contribution >= 0.6 is 11.8 Å². The van der Waals surface area contributed by atoms with E-state index in [1.807, 2.05) is 36.1 Å². The topological polar surface area (TPSA) is 90.4 Å². The van der Waals surface area contributed by atoms with Gasteiger partial charge in [0, 0.05) is 30.6 Å². The van der Waals surface area contributed by atoms with Crippen LogP contribution in [0.15, 0.2) is 49.6 Å². The number of nitrogens with zero attached hydrogens (tertiary/aromatic N) is 3. The van der Waals surface area contributed by atoms with Gasteiger partial charge in [0.25, 0.3) is 0 Å². The van der Waals surface area contributed by atoms with Gasteiger partial charge in [0.05, 0.1) is 35.8 Å². The normalized spacial score (nSPS) is 26.0. The molecule has 0 aliphatic carbocycles. The molecule has 0 radical (unpaired) electrons. The number of carbonyl (C=O) groups is 3. The van der Waals surface area contributed by atoms with Gasteiger partial charge in [0.2, 0.25) is 17.7 Å². The first-order valence-electron chi connectivity index (χ1n) is 16.3. The lowest BCUT2D eigenvalue weighted by atomic mass is 9.70. The van der Waals surface area contributed by atoms with Gasteiger partial charge in [-0.1, -0.05) is 45.8 Å². The fourth-order valence-electron chi connectivity index (χ4n) is 7.56. The van der Waals surface area contributed by atoms with E-state index in [0.717, 1.165) is 37.1 Å². The van der Waals surface area contributed by atoms with Gasteiger partial charge >= 0.3 is 0 Å². The summed E-state index contributed by atoms with van der Waals surface area (Å²) in [5, 5.41) is 10.5. The zero-order valence-corrected chi connectivity index (χ0v) is 27.8. The van der Waals surface area contributed by atoms with E-state index in [-0.39, 0.29) is 35.5 Å². The number of hydrogen-bond acceptors (Lipinski definition) is 6. The molecule has 9 heteroatoms. The Kier molecular flexibility index (Phi) is 11.6. The van der Waals surface area contributed by atoms with Crippen LogP contribution in [-0.2, 0) is 14.4 Å². The average Bonchev–Trinajstić information content (AvgIpc) is 3.65. The van der Waals surface area contributed by atoms with Gasteiger partial charge in [-0.25, -0.2) is 0 Å². The highest BCUT2D eigenvalue weighted by Crippen LogP contribution is 2.67. The minimum Gasteiger partial charge on any atom is -0.494 e. The van der Waals surface area contributed by atoms with Crippen molar-refractivity contribution in [3.05, 3.63) is 49.6 Å². The van der Waals surface area contributed by atoms with Gasteiger partial charge in [0.1, 0.15) is 11.8 Å². The van der Waals surface area contributed by atoms with Crippen molar-refractivity contribution in [3.8, 4) is 5.75 Å². The lowest BCUT2D eigenvalue weighted by molar-refractivity contribution is -0.146. The quantitative estimate of drug-likeness (QED) is 0.187. The highest BCUT2D eigenvalue weighted by atomic mass is 32.2. The Balaban J connectivity index is 1.75. The second kappa shape index (κ2) is 15.0. The Morgan fingerprint density at radius 3 is 2.43 bits per heavy atom. The van der Waals surface area contributed by atoms with E-state index in [9.17, 15) is 19.5 Å². The number of benzene rings is 1. The lowest BCUT2D eigenvalue weighted by Crippen LogP contribution is -2.57. The average molecular weight is 626 g/mol. The number of fused-ring (bicyclic) bond motifs is 1. The van der Waals surface area contributed by atoms with Gasteiger partial charge in [-0.15, -0.1) is 24.9 Å². The number of amides is 3. The minimum absolute atomic E-state index is 0.0606. The molecule has 3 aliphatic heterocycles. The number of rotatable bonds is 17. The Morgan fingerprint density at radius 2 is 1.84 bits per heavy atom. The molecule has 44 heavy (non-hydrogen) atoms. The van der Waals surface area contributed by atoms with Gasteiger partial charge in [-0.2, -0.15) is 0 Å². The first-order chi connectivity index (χ1) is 21.2. The van der Waals surface area contributed by atoms with Crippen LogP contribution in [0, 0.1) is 17.8 Å². The molecule has 1 spiro atoms. The molecular formula is C35H51N3O5S. The Morgan fingerprint density at radius 1 is 1.14 bits per heavy atom. The molecule has 3 fully saturated rings. The second-order valence-corrected chi connectivity index (χ2v) is 14.3. The Bertz CT molecular complexity index is 1190. The smallest absolute Gasteiger partial charge is 0.247 e. The monoisotopic (exact) mass is 625 g/mol. The van der Waals surface area contributed by atoms with Crippen LogP contribution in [0.1, 0.15) is 66.2 Å². The maximum Gasteiger partial charge on any atom is 0.247 e. The van der Waals surface area contributed by atoms with Crippen LogP contribution in [0.3, 0.4) is 0 Å². The molecule has 0 saturated carbocycles. The summed E-state index contributed by atoms with van der Waals surface area (Å²) in [6.45, 7) is 17.6. The maximum absolute atomic E-state index is 14.7. The molecule has 6 atom stereocenters. The number of anilines is 1. The van der Waals surface area contributed by atoms with Crippen LogP contribution in [-0.4, -0.2) is 87.6 Å². The number of ether oxygens (including phenoxy) is 1. The van der Waals surface area contributed by atoms with Gasteiger partial charge < -0.3 is 24.5 Å². The van der Waals surface area contributed by atoms with Crippen molar-refractivity contribution >= 4 is 35.2 Å². The molecule has 242 valence electrons. The molecule has 3 aliphatic rings. The molecule has 1 aromatic rings. The number of hydrogen-bond donors (Lipinski definition) is 1. The Labute approximate surface area is 267 Å². The van der Waals surface area contributed by atoms with Crippen LogP contribution in [0.25, 0.3) is 0 Å². The van der Waals surface area contributed by atoms with Gasteiger partial charge in [0.15, 0.2) is 0 Å². The SMILES string of the molecule is C=CCN(CCCCC)C(=O)C1N([C@@H](CO)CC(C)C)C(=O)[C@@H]2[C@@H](C(=O)N(CC=C)c3ccc(OCC)cc3)[C@H]3CCC12S3. The second-order valence-electron chi connectivity index (χ2n) is 12.7. The number of aliphatic hydroxyl groups is 1. The van der Waals surface area contributed by atoms with E-state index >= 15 is 0 Å². The van der Waals surface area contributed by atoms with Crippen molar-refractivity contribution in [2.45, 2.75) is 88.3 Å². The molecule has 0 aromatic heterocycles. The molecule has 2 unspecified atom stereocenters. The van der Waals surface area contributed by atoms with Crippen molar-refractivity contribution in [1.82, 2.24) is 9.80 Å². The van der Waals surface area contributed by atoms with Crippen LogP contribution in [0.4, 0.5) is 5.69 Å². The third kappa shape index (κ3) is 6.45. The molecular weight excluding hydrogens is 574 g/mol. The fraction of sp³-hybridized carbons (Fsp3) is 0.629. The fourth-order valence-corrected chi connectivity index (χ4v) is 9.75. The van der Waals surface area contributed by atoms with E-state index in [0.29, 0.717) is 39.1 Å². The highest BCUT2D eigenvalue weighted by Gasteiger charge is 2.74. The van der Waals surface area contributed by atoms with Crippen LogP contribution in [0.5, 0.6) is 5.75 Å². The summed E-state index contributed by atoms with van der Waals surface area (Å²) in [4.78, 5) is 49.0. The van der Waals surface area contributed by atoms with E-state index in [1.54, 1.807) is 33.7 Å². The molecule has 1 N–H and O–H groups in total. The summed E-state index contributed by atoms with van der Waals surface area (Å²) in [5.41, 5.74) is 0.719. The summed E-state index contributed by atoms with van der Waals surface area (Å²) in [6, 6.07) is 6.20. The van der Waals surface area contributed by atoms with E-state index in [4.69, 9.17) is 4.74 Å². The molecule has 3 saturated heterocycles. The molecule has 3 amide bonds. The Hall–Kier alpha value is -2.78. The van der Waals surface area contributed by atoms with Crippen LogP contribution < -0.4 is 9.64 Å².